The van der Waals surface area contributed by atoms with E-state index >= 15 is 0 Å². The Morgan fingerprint density at radius 3 is 2.54 bits per heavy atom. The lowest BCUT2D eigenvalue weighted by Gasteiger charge is -2.28. The van der Waals surface area contributed by atoms with E-state index in [1.165, 1.54) is 25.3 Å². The van der Waals surface area contributed by atoms with Gasteiger partial charge in [-0.05, 0) is 25.3 Å². The molecule has 24 heavy (non-hydrogen) atoms. The summed E-state index contributed by atoms with van der Waals surface area (Å²) in [6.45, 7) is 0. The van der Waals surface area contributed by atoms with Crippen LogP contribution in [-0.4, -0.2) is 24.9 Å². The third kappa shape index (κ3) is 4.10. The van der Waals surface area contributed by atoms with Gasteiger partial charge in [-0.2, -0.15) is 0 Å². The Morgan fingerprint density at radius 2 is 1.92 bits per heavy atom. The SMILES string of the molecule is COC(=O)C(NC(=O)C1CCCC(C(N)=O)C1)c1ccccc1F. The number of hydrogen-bond acceptors (Lipinski definition) is 4. The minimum absolute atomic E-state index is 0.0416. The summed E-state index contributed by atoms with van der Waals surface area (Å²) in [4.78, 5) is 35.8. The van der Waals surface area contributed by atoms with E-state index in [0.717, 1.165) is 0 Å². The van der Waals surface area contributed by atoms with E-state index in [9.17, 15) is 18.8 Å². The second-order valence-corrected chi connectivity index (χ2v) is 5.95. The van der Waals surface area contributed by atoms with Crippen LogP contribution in [0.25, 0.3) is 0 Å². The van der Waals surface area contributed by atoms with Gasteiger partial charge >= 0.3 is 5.97 Å². The molecule has 1 aromatic carbocycles. The van der Waals surface area contributed by atoms with Crippen LogP contribution in [0.4, 0.5) is 4.39 Å². The van der Waals surface area contributed by atoms with Crippen LogP contribution in [0.15, 0.2) is 24.3 Å². The van der Waals surface area contributed by atoms with Crippen molar-refractivity contribution in [3.63, 3.8) is 0 Å². The van der Waals surface area contributed by atoms with Gasteiger partial charge < -0.3 is 15.8 Å². The van der Waals surface area contributed by atoms with Crippen LogP contribution in [0.3, 0.4) is 0 Å². The zero-order chi connectivity index (χ0) is 17.7. The Bertz CT molecular complexity index is 635. The number of esters is 1. The van der Waals surface area contributed by atoms with Crippen molar-refractivity contribution in [2.24, 2.45) is 17.6 Å². The molecule has 1 aromatic rings. The van der Waals surface area contributed by atoms with E-state index in [1.54, 1.807) is 6.07 Å². The number of carbonyl (C=O) groups is 3. The van der Waals surface area contributed by atoms with Crippen molar-refractivity contribution in [1.29, 1.82) is 0 Å². The van der Waals surface area contributed by atoms with E-state index in [4.69, 9.17) is 5.73 Å². The average Bonchev–Trinajstić information content (AvgIpc) is 2.59. The molecule has 6 nitrogen and oxygen atoms in total. The number of primary amides is 1. The fourth-order valence-electron chi connectivity index (χ4n) is 3.04. The summed E-state index contributed by atoms with van der Waals surface area (Å²) in [5.41, 5.74) is 5.36. The Balaban J connectivity index is 2.15. The molecular formula is C17H21FN2O4. The number of nitrogens with two attached hydrogens (primary N) is 1. The maximum Gasteiger partial charge on any atom is 0.333 e. The second kappa shape index (κ2) is 7.90. The van der Waals surface area contributed by atoms with Gasteiger partial charge in [-0.3, -0.25) is 9.59 Å². The van der Waals surface area contributed by atoms with Crippen LogP contribution in [0.5, 0.6) is 0 Å². The Morgan fingerprint density at radius 1 is 1.25 bits per heavy atom. The normalized spacial score (nSPS) is 21.6. The molecule has 0 aliphatic heterocycles. The first-order valence-electron chi connectivity index (χ1n) is 7.86. The molecule has 130 valence electrons. The number of amides is 2. The topological polar surface area (TPSA) is 98.5 Å². The highest BCUT2D eigenvalue weighted by atomic mass is 19.1. The van der Waals surface area contributed by atoms with Gasteiger partial charge in [-0.15, -0.1) is 0 Å². The number of carbonyl (C=O) groups excluding carboxylic acids is 3. The molecule has 0 spiro atoms. The highest BCUT2D eigenvalue weighted by Gasteiger charge is 2.33. The molecule has 1 aliphatic rings. The predicted octanol–water partition coefficient (Wildman–Crippen LogP) is 1.45. The lowest BCUT2D eigenvalue weighted by molar-refractivity contribution is -0.146. The van der Waals surface area contributed by atoms with Gasteiger partial charge in [0.25, 0.3) is 0 Å². The highest BCUT2D eigenvalue weighted by molar-refractivity contribution is 5.87. The third-order valence-corrected chi connectivity index (χ3v) is 4.39. The number of nitrogens with one attached hydrogen (secondary N) is 1. The number of hydrogen-bond donors (Lipinski definition) is 2. The fraction of sp³-hybridized carbons (Fsp3) is 0.471. The number of rotatable bonds is 5. The molecular weight excluding hydrogens is 315 g/mol. The van der Waals surface area contributed by atoms with E-state index in [2.05, 4.69) is 10.1 Å². The number of benzene rings is 1. The number of ether oxygens (including phenoxy) is 1. The molecule has 7 heteroatoms. The summed E-state index contributed by atoms with van der Waals surface area (Å²) in [6.07, 6.45) is 2.30. The van der Waals surface area contributed by atoms with Crippen molar-refractivity contribution >= 4 is 17.8 Å². The van der Waals surface area contributed by atoms with Gasteiger partial charge in [-0.1, -0.05) is 24.6 Å². The zero-order valence-corrected chi connectivity index (χ0v) is 13.5. The summed E-state index contributed by atoms with van der Waals surface area (Å²) in [5, 5.41) is 2.55. The summed E-state index contributed by atoms with van der Waals surface area (Å²) < 4.78 is 18.7. The molecule has 2 amide bonds. The number of halogens is 1. The van der Waals surface area contributed by atoms with Crippen molar-refractivity contribution in [2.75, 3.05) is 7.11 Å². The smallest absolute Gasteiger partial charge is 0.333 e. The monoisotopic (exact) mass is 336 g/mol. The first-order valence-corrected chi connectivity index (χ1v) is 7.86. The standard InChI is InChI=1S/C17H21FN2O4/c1-24-17(23)14(12-7-2-3-8-13(12)18)20-16(22)11-6-4-5-10(9-11)15(19)21/h2-3,7-8,10-11,14H,4-6,9H2,1H3,(H2,19,21)(H,20,22). The van der Waals surface area contributed by atoms with Gasteiger partial charge in [0.1, 0.15) is 5.82 Å². The van der Waals surface area contributed by atoms with Gasteiger partial charge in [0.2, 0.25) is 11.8 Å². The molecule has 1 aliphatic carbocycles. The minimum atomic E-state index is -1.22. The van der Waals surface area contributed by atoms with Crippen molar-refractivity contribution in [3.05, 3.63) is 35.6 Å². The molecule has 0 saturated heterocycles. The lowest BCUT2D eigenvalue weighted by atomic mass is 9.80. The maximum atomic E-state index is 14.0. The van der Waals surface area contributed by atoms with Gasteiger partial charge in [-0.25, -0.2) is 9.18 Å². The molecule has 0 aromatic heterocycles. The first-order chi connectivity index (χ1) is 11.4. The van der Waals surface area contributed by atoms with Crippen LogP contribution in [-0.2, 0) is 19.1 Å². The van der Waals surface area contributed by atoms with Crippen molar-refractivity contribution in [1.82, 2.24) is 5.32 Å². The lowest BCUT2D eigenvalue weighted by Crippen LogP contribution is -2.41. The van der Waals surface area contributed by atoms with Gasteiger partial charge in [0.05, 0.1) is 7.11 Å². The van der Waals surface area contributed by atoms with E-state index in [0.29, 0.717) is 25.7 Å². The van der Waals surface area contributed by atoms with Crippen LogP contribution in [0.1, 0.15) is 37.3 Å². The average molecular weight is 336 g/mol. The third-order valence-electron chi connectivity index (χ3n) is 4.39. The quantitative estimate of drug-likeness (QED) is 0.795. The van der Waals surface area contributed by atoms with Crippen LogP contribution >= 0.6 is 0 Å². The van der Waals surface area contributed by atoms with Crippen molar-refractivity contribution in [2.45, 2.75) is 31.7 Å². The van der Waals surface area contributed by atoms with Crippen LogP contribution in [0.2, 0.25) is 0 Å². The van der Waals surface area contributed by atoms with E-state index < -0.39 is 35.6 Å². The molecule has 0 bridgehead atoms. The minimum Gasteiger partial charge on any atom is -0.467 e. The molecule has 2 rings (SSSR count). The van der Waals surface area contributed by atoms with Gasteiger partial charge in [0.15, 0.2) is 6.04 Å². The molecule has 0 heterocycles. The van der Waals surface area contributed by atoms with E-state index in [1.807, 2.05) is 0 Å². The summed E-state index contributed by atoms with van der Waals surface area (Å²) in [5.74, 6) is -2.97. The highest BCUT2D eigenvalue weighted by Crippen LogP contribution is 2.30. The predicted molar refractivity (Wildman–Crippen MR) is 83.9 cm³/mol. The summed E-state index contributed by atoms with van der Waals surface area (Å²) in [7, 11) is 1.17. The zero-order valence-electron chi connectivity index (χ0n) is 13.5. The molecule has 0 radical (unpaired) electrons. The molecule has 3 N–H and O–H groups in total. The Labute approximate surface area is 139 Å². The van der Waals surface area contributed by atoms with Crippen LogP contribution < -0.4 is 11.1 Å². The molecule has 1 fully saturated rings. The molecule has 3 atom stereocenters. The van der Waals surface area contributed by atoms with Crippen molar-refractivity contribution < 1.29 is 23.5 Å². The van der Waals surface area contributed by atoms with Crippen molar-refractivity contribution in [3.8, 4) is 0 Å². The Kier molecular flexibility index (Phi) is 5.89. The largest absolute Gasteiger partial charge is 0.467 e. The summed E-state index contributed by atoms with van der Waals surface area (Å²) >= 11 is 0. The molecule has 1 saturated carbocycles. The number of methoxy groups -OCH3 is 1. The van der Waals surface area contributed by atoms with Gasteiger partial charge in [0, 0.05) is 17.4 Å². The summed E-state index contributed by atoms with van der Waals surface area (Å²) in [6, 6.07) is 4.47. The fourth-order valence-corrected chi connectivity index (χ4v) is 3.04. The molecule has 3 unspecified atom stereocenters. The second-order valence-electron chi connectivity index (χ2n) is 5.95. The maximum absolute atomic E-state index is 14.0. The van der Waals surface area contributed by atoms with E-state index in [-0.39, 0.29) is 11.5 Å². The van der Waals surface area contributed by atoms with Crippen LogP contribution in [0, 0.1) is 17.7 Å². The Hall–Kier alpha value is -2.44. The first kappa shape index (κ1) is 17.9.